The Labute approximate surface area is 123 Å². The normalized spacial score (nSPS) is 17.3. The molecule has 2 rings (SSSR count). The molecular formula is C11H15ClN2O4S2. The minimum Gasteiger partial charge on any atom is -0.283 e. The van der Waals surface area contributed by atoms with Gasteiger partial charge in [-0.25, -0.2) is 22.0 Å². The molecule has 0 aromatic heterocycles. The minimum atomic E-state index is -3.92. The molecule has 0 saturated heterocycles. The van der Waals surface area contributed by atoms with Crippen molar-refractivity contribution in [3.8, 4) is 0 Å². The second-order valence-electron chi connectivity index (χ2n) is 4.74. The van der Waals surface area contributed by atoms with Crippen LogP contribution in [-0.2, 0) is 20.0 Å². The number of nitrogens with one attached hydrogen (secondary N) is 1. The number of nitrogens with two attached hydrogens (primary N) is 1. The Hall–Kier alpha value is -0.830. The van der Waals surface area contributed by atoms with Crippen molar-refractivity contribution in [3.05, 3.63) is 23.2 Å². The van der Waals surface area contributed by atoms with Crippen LogP contribution in [0.3, 0.4) is 0 Å². The number of anilines is 1. The Morgan fingerprint density at radius 3 is 2.25 bits per heavy atom. The van der Waals surface area contributed by atoms with E-state index in [1.165, 1.54) is 18.2 Å². The lowest BCUT2D eigenvalue weighted by Gasteiger charge is -2.14. The maximum Gasteiger partial charge on any atom is 0.239 e. The predicted octanol–water partition coefficient (Wildman–Crippen LogP) is 1.67. The zero-order chi connectivity index (χ0) is 15.0. The molecule has 1 saturated carbocycles. The van der Waals surface area contributed by atoms with Crippen molar-refractivity contribution in [3.63, 3.8) is 0 Å². The first-order valence-electron chi connectivity index (χ1n) is 6.04. The van der Waals surface area contributed by atoms with Crippen LogP contribution in [0.15, 0.2) is 23.1 Å². The van der Waals surface area contributed by atoms with Crippen LogP contribution in [0.2, 0.25) is 5.02 Å². The first kappa shape index (κ1) is 15.6. The highest BCUT2D eigenvalue weighted by Crippen LogP contribution is 2.28. The van der Waals surface area contributed by atoms with Crippen LogP contribution in [0.4, 0.5) is 5.69 Å². The summed E-state index contributed by atoms with van der Waals surface area (Å²) in [5.74, 6) is 0. The highest BCUT2D eigenvalue weighted by Gasteiger charge is 2.28. The molecule has 0 unspecified atom stereocenters. The van der Waals surface area contributed by atoms with Gasteiger partial charge < -0.3 is 0 Å². The molecule has 0 aliphatic heterocycles. The Bertz CT molecular complexity index is 710. The van der Waals surface area contributed by atoms with Crippen LogP contribution in [-0.4, -0.2) is 22.1 Å². The van der Waals surface area contributed by atoms with E-state index in [2.05, 4.69) is 4.72 Å². The Kier molecular flexibility index (Phi) is 4.29. The lowest BCUT2D eigenvalue weighted by Crippen LogP contribution is -2.25. The maximum atomic E-state index is 12.1. The van der Waals surface area contributed by atoms with Gasteiger partial charge in [-0.2, -0.15) is 0 Å². The molecule has 0 amide bonds. The van der Waals surface area contributed by atoms with Crippen LogP contribution < -0.4 is 9.86 Å². The van der Waals surface area contributed by atoms with E-state index in [0.717, 1.165) is 12.8 Å². The van der Waals surface area contributed by atoms with E-state index in [-0.39, 0.29) is 15.6 Å². The van der Waals surface area contributed by atoms with Gasteiger partial charge in [-0.15, -0.1) is 0 Å². The summed E-state index contributed by atoms with van der Waals surface area (Å²) in [6, 6.07) is 3.76. The topological polar surface area (TPSA) is 106 Å². The Morgan fingerprint density at radius 1 is 1.15 bits per heavy atom. The Morgan fingerprint density at radius 2 is 1.75 bits per heavy atom. The van der Waals surface area contributed by atoms with E-state index >= 15 is 0 Å². The first-order valence-corrected chi connectivity index (χ1v) is 9.51. The summed E-state index contributed by atoms with van der Waals surface area (Å²) in [7, 11) is -7.39. The summed E-state index contributed by atoms with van der Waals surface area (Å²) >= 11 is 5.81. The second kappa shape index (κ2) is 5.51. The number of rotatable bonds is 4. The van der Waals surface area contributed by atoms with Gasteiger partial charge in [0.1, 0.15) is 4.90 Å². The summed E-state index contributed by atoms with van der Waals surface area (Å²) < 4.78 is 49.1. The maximum absolute atomic E-state index is 12.1. The summed E-state index contributed by atoms with van der Waals surface area (Å²) in [4.78, 5) is -0.233. The van der Waals surface area contributed by atoms with Crippen molar-refractivity contribution in [2.24, 2.45) is 5.14 Å². The first-order chi connectivity index (χ1) is 9.20. The highest BCUT2D eigenvalue weighted by atomic mass is 35.5. The summed E-state index contributed by atoms with van der Waals surface area (Å²) in [5.41, 5.74) is 0.231. The van der Waals surface area contributed by atoms with Crippen molar-refractivity contribution >= 4 is 37.3 Å². The van der Waals surface area contributed by atoms with E-state index in [9.17, 15) is 16.8 Å². The van der Waals surface area contributed by atoms with Gasteiger partial charge in [-0.1, -0.05) is 24.4 Å². The fraction of sp³-hybridized carbons (Fsp3) is 0.455. The van der Waals surface area contributed by atoms with Crippen molar-refractivity contribution in [2.75, 3.05) is 4.72 Å². The zero-order valence-electron chi connectivity index (χ0n) is 10.5. The molecule has 20 heavy (non-hydrogen) atoms. The third kappa shape index (κ3) is 3.43. The number of hydrogen-bond acceptors (Lipinski definition) is 4. The highest BCUT2D eigenvalue weighted by molar-refractivity contribution is 7.93. The molecule has 0 atom stereocenters. The largest absolute Gasteiger partial charge is 0.283 e. The molecule has 1 aliphatic carbocycles. The molecule has 1 aliphatic rings. The lowest BCUT2D eigenvalue weighted by molar-refractivity contribution is 0.585. The molecule has 0 spiro atoms. The fourth-order valence-electron chi connectivity index (χ4n) is 2.24. The summed E-state index contributed by atoms with van der Waals surface area (Å²) in [6.07, 6.45) is 3.07. The number of primary sulfonamides is 1. The number of halogens is 1. The van der Waals surface area contributed by atoms with Crippen molar-refractivity contribution < 1.29 is 16.8 Å². The molecular weight excluding hydrogens is 324 g/mol. The standard InChI is InChI=1S/C11H15ClN2O4S2/c12-10-7-8(5-6-11(10)19(13,15)16)14-20(17,18)9-3-1-2-4-9/h5-7,9,14H,1-4H2,(H2,13,15,16). The number of hydrogen-bond donors (Lipinski definition) is 2. The quantitative estimate of drug-likeness (QED) is 0.870. The Balaban J connectivity index is 2.25. The van der Waals surface area contributed by atoms with Crippen molar-refractivity contribution in [1.29, 1.82) is 0 Å². The van der Waals surface area contributed by atoms with Gasteiger partial charge in [-0.05, 0) is 31.0 Å². The lowest BCUT2D eigenvalue weighted by atomic mass is 10.3. The fourth-order valence-corrected chi connectivity index (χ4v) is 4.91. The molecule has 0 radical (unpaired) electrons. The van der Waals surface area contributed by atoms with Gasteiger partial charge in [0, 0.05) is 0 Å². The average Bonchev–Trinajstić information content (AvgIpc) is 2.80. The van der Waals surface area contributed by atoms with Gasteiger partial charge in [0.05, 0.1) is 16.0 Å². The van der Waals surface area contributed by atoms with Crippen molar-refractivity contribution in [2.45, 2.75) is 35.8 Å². The van der Waals surface area contributed by atoms with Crippen molar-refractivity contribution in [1.82, 2.24) is 0 Å². The predicted molar refractivity (Wildman–Crippen MR) is 77.6 cm³/mol. The van der Waals surface area contributed by atoms with E-state index < -0.39 is 25.3 Å². The molecule has 1 aromatic rings. The smallest absolute Gasteiger partial charge is 0.239 e. The molecule has 112 valence electrons. The average molecular weight is 339 g/mol. The van der Waals surface area contributed by atoms with Gasteiger partial charge in [-0.3, -0.25) is 4.72 Å². The molecule has 9 heteroatoms. The van der Waals surface area contributed by atoms with Gasteiger partial charge in [0.15, 0.2) is 0 Å². The van der Waals surface area contributed by atoms with Crippen LogP contribution in [0.25, 0.3) is 0 Å². The summed E-state index contributed by atoms with van der Waals surface area (Å²) in [5, 5.41) is 4.47. The summed E-state index contributed by atoms with van der Waals surface area (Å²) in [6.45, 7) is 0. The molecule has 0 heterocycles. The molecule has 6 nitrogen and oxygen atoms in total. The molecule has 1 aromatic carbocycles. The second-order valence-corrected chi connectivity index (χ2v) is 8.64. The van der Waals surface area contributed by atoms with Crippen LogP contribution >= 0.6 is 11.6 Å². The SMILES string of the molecule is NS(=O)(=O)c1ccc(NS(=O)(=O)C2CCCC2)cc1Cl. The molecule has 0 bridgehead atoms. The van der Waals surface area contributed by atoms with Crippen LogP contribution in [0.5, 0.6) is 0 Å². The van der Waals surface area contributed by atoms with Gasteiger partial charge in [0.2, 0.25) is 20.0 Å². The molecule has 1 fully saturated rings. The number of sulfonamides is 2. The van der Waals surface area contributed by atoms with Gasteiger partial charge >= 0.3 is 0 Å². The van der Waals surface area contributed by atoms with Crippen LogP contribution in [0, 0.1) is 0 Å². The van der Waals surface area contributed by atoms with E-state index in [1.54, 1.807) is 0 Å². The zero-order valence-corrected chi connectivity index (χ0v) is 12.9. The number of benzene rings is 1. The van der Waals surface area contributed by atoms with Crippen LogP contribution in [0.1, 0.15) is 25.7 Å². The van der Waals surface area contributed by atoms with E-state index in [4.69, 9.17) is 16.7 Å². The third-order valence-corrected chi connectivity index (χ3v) is 6.50. The van der Waals surface area contributed by atoms with Gasteiger partial charge in [0.25, 0.3) is 0 Å². The minimum absolute atomic E-state index is 0.112. The van der Waals surface area contributed by atoms with E-state index in [1.807, 2.05) is 0 Å². The monoisotopic (exact) mass is 338 g/mol. The van der Waals surface area contributed by atoms with E-state index in [0.29, 0.717) is 12.8 Å². The third-order valence-electron chi connectivity index (χ3n) is 3.24. The molecule has 3 N–H and O–H groups in total.